The van der Waals surface area contributed by atoms with E-state index in [1.165, 1.54) is 12.8 Å². The molecule has 2 bridgehead atoms. The average Bonchev–Trinajstić information content (AvgIpc) is 2.39. The van der Waals surface area contributed by atoms with E-state index in [4.69, 9.17) is 0 Å². The van der Waals surface area contributed by atoms with Crippen molar-refractivity contribution < 1.29 is 0 Å². The fraction of sp³-hybridized carbons (Fsp3) is 1.00. The Hall–Kier alpha value is 0.0649. The van der Waals surface area contributed by atoms with Crippen molar-refractivity contribution in [3.8, 4) is 0 Å². The van der Waals surface area contributed by atoms with Gasteiger partial charge in [-0.25, -0.2) is 0 Å². The minimum Gasteiger partial charge on any atom is -0.197 e. The summed E-state index contributed by atoms with van der Waals surface area (Å²) in [7, 11) is 0. The summed E-state index contributed by atoms with van der Waals surface area (Å²) in [4.78, 5) is 0. The predicted molar refractivity (Wildman–Crippen MR) is 97.2 cm³/mol. The monoisotopic (exact) mass is 290 g/mol. The Morgan fingerprint density at radius 3 is 1.67 bits per heavy atom. The molecule has 0 nitrogen and oxygen atoms in total. The molecule has 3 saturated carbocycles. The van der Waals surface area contributed by atoms with E-state index in [9.17, 15) is 0 Å². The van der Waals surface area contributed by atoms with Crippen LogP contribution in [0.3, 0.4) is 0 Å². The highest BCUT2D eigenvalue weighted by molar-refractivity contribution is 6.63. The van der Waals surface area contributed by atoms with Gasteiger partial charge < -0.3 is 0 Å². The van der Waals surface area contributed by atoms with Crippen molar-refractivity contribution in [1.82, 2.24) is 0 Å². The summed E-state index contributed by atoms with van der Waals surface area (Å²) in [6, 6.07) is 0. The molecule has 0 aromatic rings. The molecule has 21 heavy (non-hydrogen) atoms. The summed E-state index contributed by atoms with van der Waals surface area (Å²) < 4.78 is 0. The van der Waals surface area contributed by atoms with Crippen LogP contribution in [0.5, 0.6) is 0 Å². The van der Waals surface area contributed by atoms with Crippen molar-refractivity contribution in [2.75, 3.05) is 0 Å². The van der Waals surface area contributed by atoms with Gasteiger partial charge in [-0.15, -0.1) is 6.71 Å². The maximum Gasteiger partial charge on any atom is -0.0297 e. The zero-order valence-electron chi connectivity index (χ0n) is 16.1. The van der Waals surface area contributed by atoms with Crippen molar-refractivity contribution in [2.45, 2.75) is 92.6 Å². The molecule has 0 aliphatic heterocycles. The van der Waals surface area contributed by atoms with Gasteiger partial charge in [0.1, 0.15) is 0 Å². The summed E-state index contributed by atoms with van der Waals surface area (Å²) in [6.07, 6.45) is 3.02. The van der Waals surface area contributed by atoms with Gasteiger partial charge in [-0.1, -0.05) is 86.5 Å². The van der Waals surface area contributed by atoms with Gasteiger partial charge in [-0.2, -0.15) is 17.5 Å². The molecule has 0 spiro atoms. The van der Waals surface area contributed by atoms with Crippen LogP contribution in [-0.2, 0) is 0 Å². The predicted octanol–water partition coefficient (Wildman–Crippen LogP) is 6.65. The fourth-order valence-electron chi connectivity index (χ4n) is 5.85. The molecule has 123 valence electrons. The van der Waals surface area contributed by atoms with Crippen LogP contribution >= 0.6 is 0 Å². The highest BCUT2D eigenvalue weighted by atomic mass is 14.6. The maximum atomic E-state index is 2.58. The van der Waals surface area contributed by atoms with Gasteiger partial charge in [0.25, 0.3) is 0 Å². The quantitative estimate of drug-likeness (QED) is 0.497. The zero-order chi connectivity index (χ0) is 16.1. The number of rotatable bonds is 5. The second-order valence-electron chi connectivity index (χ2n) is 9.90. The highest BCUT2D eigenvalue weighted by Crippen LogP contribution is 2.66. The lowest BCUT2D eigenvalue weighted by atomic mass is 9.20. The van der Waals surface area contributed by atoms with Gasteiger partial charge in [-0.3, -0.25) is 0 Å². The first kappa shape index (κ1) is 17.4. The summed E-state index contributed by atoms with van der Waals surface area (Å²) >= 11 is 0. The van der Waals surface area contributed by atoms with Crippen LogP contribution in [0.4, 0.5) is 0 Å². The summed E-state index contributed by atoms with van der Waals surface area (Å²) in [5, 5.41) is 0. The topological polar surface area (TPSA) is 0 Å². The number of hydrogen-bond donors (Lipinski definition) is 0. The average molecular weight is 290 g/mol. The van der Waals surface area contributed by atoms with Crippen LogP contribution in [0.2, 0.25) is 17.5 Å². The van der Waals surface area contributed by atoms with Crippen LogP contribution in [0.25, 0.3) is 0 Å². The Morgan fingerprint density at radius 2 is 1.33 bits per heavy atom. The summed E-state index contributed by atoms with van der Waals surface area (Å²) in [5.41, 5.74) is 0.628. The Kier molecular flexibility index (Phi) is 4.92. The largest absolute Gasteiger partial charge is 0.197 e. The van der Waals surface area contributed by atoms with Crippen LogP contribution in [0, 0.1) is 35.0 Å². The van der Waals surface area contributed by atoms with E-state index in [0.717, 1.165) is 53.8 Å². The fourth-order valence-corrected chi connectivity index (χ4v) is 5.85. The Morgan fingerprint density at radius 1 is 0.857 bits per heavy atom. The first-order chi connectivity index (χ1) is 9.59. The number of hydrogen-bond acceptors (Lipinski definition) is 0. The van der Waals surface area contributed by atoms with Crippen molar-refractivity contribution in [2.24, 2.45) is 35.0 Å². The van der Waals surface area contributed by atoms with Gasteiger partial charge in [0, 0.05) is 0 Å². The number of fused-ring (bicyclic) bond motifs is 2. The SMILES string of the molecule is CC(C)C(C)[B-](C(C)C(C)C)[C@H]1C[C@H]2C[C@@H]([C@@H]1C)C2(C)C. The molecular formula is C20H39B-. The lowest BCUT2D eigenvalue weighted by molar-refractivity contribution is -0.0996. The molecule has 3 aliphatic rings. The van der Waals surface area contributed by atoms with Gasteiger partial charge in [-0.05, 0) is 23.7 Å². The highest BCUT2D eigenvalue weighted by Gasteiger charge is 2.55. The second kappa shape index (κ2) is 5.93. The van der Waals surface area contributed by atoms with E-state index in [2.05, 4.69) is 62.3 Å². The van der Waals surface area contributed by atoms with Gasteiger partial charge in [0.05, 0.1) is 0 Å². The zero-order valence-corrected chi connectivity index (χ0v) is 16.1. The maximum absolute atomic E-state index is 2.58. The molecule has 0 aromatic carbocycles. The minimum absolute atomic E-state index is 0.628. The van der Waals surface area contributed by atoms with Gasteiger partial charge >= 0.3 is 0 Å². The normalized spacial score (nSPS) is 37.7. The van der Waals surface area contributed by atoms with Crippen LogP contribution in [-0.4, -0.2) is 6.71 Å². The molecular weight excluding hydrogens is 251 g/mol. The van der Waals surface area contributed by atoms with E-state index in [1.54, 1.807) is 0 Å². The molecule has 0 aromatic heterocycles. The van der Waals surface area contributed by atoms with E-state index in [1.807, 2.05) is 0 Å². The third-order valence-electron chi connectivity index (χ3n) is 8.22. The first-order valence-corrected chi connectivity index (χ1v) is 9.59. The molecule has 2 unspecified atom stereocenters. The molecule has 0 amide bonds. The molecule has 6 atom stereocenters. The Labute approximate surface area is 134 Å². The molecule has 1 heteroatoms. The lowest BCUT2D eigenvalue weighted by Crippen LogP contribution is -2.56. The standard InChI is InChI=1S/C20H39B/c1-12(2)15(6)21(16(7)13(3)4)19-11-17-10-18(14(19)5)20(17,8)9/h12-19H,10-11H2,1-9H3/q-1/t14-,15?,16?,17+,18-,19-/m0/s1. The first-order valence-electron chi connectivity index (χ1n) is 9.59. The van der Waals surface area contributed by atoms with Crippen molar-refractivity contribution in [3.05, 3.63) is 0 Å². The Bertz CT molecular complexity index is 343. The van der Waals surface area contributed by atoms with Gasteiger partial charge in [0.2, 0.25) is 0 Å². The van der Waals surface area contributed by atoms with Crippen LogP contribution < -0.4 is 0 Å². The Balaban J connectivity index is 2.22. The molecule has 0 N–H and O–H groups in total. The lowest BCUT2D eigenvalue weighted by Gasteiger charge is -2.68. The van der Waals surface area contributed by atoms with Crippen molar-refractivity contribution in [3.63, 3.8) is 0 Å². The smallest absolute Gasteiger partial charge is 0.0297 e. The van der Waals surface area contributed by atoms with Gasteiger partial charge in [0.15, 0.2) is 0 Å². The summed E-state index contributed by atoms with van der Waals surface area (Å²) in [6.45, 7) is 23.4. The molecule has 3 aliphatic carbocycles. The van der Waals surface area contributed by atoms with Crippen LogP contribution in [0.1, 0.15) is 75.2 Å². The van der Waals surface area contributed by atoms with Crippen molar-refractivity contribution in [1.29, 1.82) is 0 Å². The third-order valence-corrected chi connectivity index (χ3v) is 8.22. The van der Waals surface area contributed by atoms with Crippen molar-refractivity contribution >= 4 is 6.71 Å². The molecule has 0 heterocycles. The molecule has 3 rings (SSSR count). The summed E-state index contributed by atoms with van der Waals surface area (Å²) in [5.74, 6) is 7.23. The minimum atomic E-state index is 0.628. The van der Waals surface area contributed by atoms with E-state index >= 15 is 0 Å². The molecule has 3 fully saturated rings. The third kappa shape index (κ3) is 2.83. The van der Waals surface area contributed by atoms with Crippen LogP contribution in [0.15, 0.2) is 0 Å². The molecule has 0 saturated heterocycles. The van der Waals surface area contributed by atoms with E-state index in [-0.39, 0.29) is 0 Å². The second-order valence-corrected chi connectivity index (χ2v) is 9.90. The van der Waals surface area contributed by atoms with E-state index < -0.39 is 0 Å². The van der Waals surface area contributed by atoms with E-state index in [0.29, 0.717) is 5.41 Å². The molecule has 1 radical (unpaired) electrons.